The Morgan fingerprint density at radius 1 is 1.07 bits per heavy atom. The van der Waals surface area contributed by atoms with Gasteiger partial charge in [0.15, 0.2) is 0 Å². The number of unbranched alkanes of at least 4 members (excludes halogenated alkanes) is 1. The van der Waals surface area contributed by atoms with Gasteiger partial charge in [-0.3, -0.25) is 4.79 Å². The molecule has 0 aromatic heterocycles. The van der Waals surface area contributed by atoms with Crippen LogP contribution >= 0.6 is 0 Å². The van der Waals surface area contributed by atoms with E-state index in [1.54, 1.807) is 0 Å². The Bertz CT molecular complexity index is 941. The van der Waals surface area contributed by atoms with E-state index < -0.39 is 18.1 Å². The van der Waals surface area contributed by atoms with Gasteiger partial charge in [-0.05, 0) is 53.5 Å². The first-order valence-electron chi connectivity index (χ1n) is 10.0. The third-order valence-electron chi connectivity index (χ3n) is 5.19. The van der Waals surface area contributed by atoms with E-state index >= 15 is 0 Å². The number of carboxylic acids is 1. The molecule has 1 atom stereocenters. The summed E-state index contributed by atoms with van der Waals surface area (Å²) in [5.74, 6) is -1.23. The molecular weight excluding hydrogens is 384 g/mol. The summed E-state index contributed by atoms with van der Waals surface area (Å²) < 4.78 is 5.32. The fourth-order valence-corrected chi connectivity index (χ4v) is 3.68. The summed E-state index contributed by atoms with van der Waals surface area (Å²) in [5, 5.41) is 14.4. The Morgan fingerprint density at radius 2 is 1.83 bits per heavy atom. The molecule has 0 radical (unpaired) electrons. The van der Waals surface area contributed by atoms with E-state index in [1.165, 1.54) is 18.1 Å². The van der Waals surface area contributed by atoms with Crippen molar-refractivity contribution in [1.82, 2.24) is 10.6 Å². The molecule has 3 rings (SSSR count). The molecule has 1 unspecified atom stereocenters. The fourth-order valence-electron chi connectivity index (χ4n) is 3.68. The second-order valence-corrected chi connectivity index (χ2v) is 7.37. The SMILES string of the molecule is CC(=O)NCCCCC(NC(=O)OCc1cccc2c1Cc1ccccc1-2)C(=O)O. The van der Waals surface area contributed by atoms with E-state index in [1.807, 2.05) is 24.3 Å². The first-order valence-corrected chi connectivity index (χ1v) is 10.0. The van der Waals surface area contributed by atoms with Crippen molar-refractivity contribution in [3.8, 4) is 11.1 Å². The number of alkyl carbamates (subject to hydrolysis) is 1. The number of fused-ring (bicyclic) bond motifs is 3. The van der Waals surface area contributed by atoms with Crippen LogP contribution in [0.1, 0.15) is 42.9 Å². The van der Waals surface area contributed by atoms with Gasteiger partial charge in [-0.15, -0.1) is 0 Å². The number of amides is 2. The largest absolute Gasteiger partial charge is 0.480 e. The lowest BCUT2D eigenvalue weighted by atomic mass is 10.0. The van der Waals surface area contributed by atoms with Crippen LogP contribution in [0.5, 0.6) is 0 Å². The van der Waals surface area contributed by atoms with Gasteiger partial charge in [-0.2, -0.15) is 0 Å². The van der Waals surface area contributed by atoms with E-state index in [-0.39, 0.29) is 18.9 Å². The van der Waals surface area contributed by atoms with Crippen LogP contribution in [-0.2, 0) is 27.4 Å². The number of hydrogen-bond acceptors (Lipinski definition) is 4. The van der Waals surface area contributed by atoms with Crippen molar-refractivity contribution in [2.24, 2.45) is 0 Å². The van der Waals surface area contributed by atoms with Crippen molar-refractivity contribution in [2.75, 3.05) is 6.54 Å². The number of rotatable bonds is 9. The highest BCUT2D eigenvalue weighted by Gasteiger charge is 2.23. The highest BCUT2D eigenvalue weighted by Crippen LogP contribution is 2.38. The number of ether oxygens (including phenoxy) is 1. The predicted molar refractivity (Wildman–Crippen MR) is 112 cm³/mol. The van der Waals surface area contributed by atoms with Crippen molar-refractivity contribution in [2.45, 2.75) is 45.3 Å². The molecule has 2 aromatic rings. The summed E-state index contributed by atoms with van der Waals surface area (Å²) in [4.78, 5) is 34.4. The van der Waals surface area contributed by atoms with Crippen molar-refractivity contribution in [3.63, 3.8) is 0 Å². The maximum atomic E-state index is 12.2. The lowest BCUT2D eigenvalue weighted by Gasteiger charge is -2.15. The zero-order chi connectivity index (χ0) is 21.5. The summed E-state index contributed by atoms with van der Waals surface area (Å²) in [6, 6.07) is 13.1. The lowest BCUT2D eigenvalue weighted by Crippen LogP contribution is -2.41. The Hall–Kier alpha value is -3.35. The molecule has 30 heavy (non-hydrogen) atoms. The van der Waals surface area contributed by atoms with Gasteiger partial charge < -0.3 is 20.5 Å². The number of hydrogen-bond donors (Lipinski definition) is 3. The second-order valence-electron chi connectivity index (χ2n) is 7.37. The Labute approximate surface area is 175 Å². The molecule has 2 aromatic carbocycles. The van der Waals surface area contributed by atoms with Crippen LogP contribution in [0.25, 0.3) is 11.1 Å². The highest BCUT2D eigenvalue weighted by atomic mass is 16.5. The predicted octanol–water partition coefficient (Wildman–Crippen LogP) is 3.24. The molecule has 1 aliphatic rings. The lowest BCUT2D eigenvalue weighted by molar-refractivity contribution is -0.139. The average molecular weight is 410 g/mol. The van der Waals surface area contributed by atoms with Gasteiger partial charge in [0.2, 0.25) is 5.91 Å². The average Bonchev–Trinajstić information content (AvgIpc) is 3.10. The van der Waals surface area contributed by atoms with Gasteiger partial charge >= 0.3 is 12.1 Å². The van der Waals surface area contributed by atoms with Crippen molar-refractivity contribution >= 4 is 18.0 Å². The normalized spacial score (nSPS) is 12.4. The van der Waals surface area contributed by atoms with Gasteiger partial charge in [0, 0.05) is 13.5 Å². The van der Waals surface area contributed by atoms with Crippen LogP contribution in [0.3, 0.4) is 0 Å². The minimum Gasteiger partial charge on any atom is -0.480 e. The molecular formula is C23H26N2O5. The maximum Gasteiger partial charge on any atom is 0.408 e. The monoisotopic (exact) mass is 410 g/mol. The number of carbonyl (C=O) groups is 3. The summed E-state index contributed by atoms with van der Waals surface area (Å²) in [5.41, 5.74) is 5.65. The molecule has 0 aliphatic heterocycles. The first-order chi connectivity index (χ1) is 14.5. The summed E-state index contributed by atoms with van der Waals surface area (Å²) in [6.45, 7) is 1.99. The van der Waals surface area contributed by atoms with Gasteiger partial charge in [-0.1, -0.05) is 42.5 Å². The molecule has 7 heteroatoms. The molecule has 2 amide bonds. The highest BCUT2D eigenvalue weighted by molar-refractivity contribution is 5.80. The Kier molecular flexibility index (Phi) is 7.06. The fraction of sp³-hybridized carbons (Fsp3) is 0.348. The van der Waals surface area contributed by atoms with Crippen LogP contribution < -0.4 is 10.6 Å². The standard InChI is InChI=1S/C23H26N2O5/c1-15(26)24-12-5-4-11-21(22(27)28)25-23(29)30-14-17-8-6-10-19-18-9-3-2-7-16(18)13-20(17)19/h2-3,6-10,21H,4-5,11-14H2,1H3,(H,24,26)(H,25,29)(H,27,28). The van der Waals surface area contributed by atoms with Gasteiger partial charge in [-0.25, -0.2) is 9.59 Å². The molecule has 0 fully saturated rings. The number of aliphatic carboxylic acids is 1. The number of carboxylic acid groups (broad SMARTS) is 1. The summed E-state index contributed by atoms with van der Waals surface area (Å²) in [6.07, 6.45) is 1.50. The zero-order valence-electron chi connectivity index (χ0n) is 16.9. The van der Waals surface area contributed by atoms with Crippen LogP contribution in [0, 0.1) is 0 Å². The Balaban J connectivity index is 1.52. The van der Waals surface area contributed by atoms with Crippen LogP contribution in [0.2, 0.25) is 0 Å². The molecule has 0 heterocycles. The Morgan fingerprint density at radius 3 is 2.60 bits per heavy atom. The van der Waals surface area contributed by atoms with E-state index in [0.717, 1.165) is 23.1 Å². The second kappa shape index (κ2) is 9.91. The molecule has 0 saturated carbocycles. The molecule has 0 spiro atoms. The van der Waals surface area contributed by atoms with Crippen molar-refractivity contribution < 1.29 is 24.2 Å². The molecule has 7 nitrogen and oxygen atoms in total. The third-order valence-corrected chi connectivity index (χ3v) is 5.19. The maximum absolute atomic E-state index is 12.2. The summed E-state index contributed by atoms with van der Waals surface area (Å²) >= 11 is 0. The minimum absolute atomic E-state index is 0.0812. The van der Waals surface area contributed by atoms with Crippen LogP contribution in [-0.4, -0.2) is 35.7 Å². The van der Waals surface area contributed by atoms with Crippen molar-refractivity contribution in [1.29, 1.82) is 0 Å². The van der Waals surface area contributed by atoms with E-state index in [2.05, 4.69) is 28.8 Å². The zero-order valence-corrected chi connectivity index (χ0v) is 16.9. The first kappa shape index (κ1) is 21.4. The molecule has 158 valence electrons. The van der Waals surface area contributed by atoms with Gasteiger partial charge in [0.1, 0.15) is 12.6 Å². The smallest absolute Gasteiger partial charge is 0.408 e. The van der Waals surface area contributed by atoms with Gasteiger partial charge in [0.05, 0.1) is 0 Å². The van der Waals surface area contributed by atoms with Crippen molar-refractivity contribution in [3.05, 3.63) is 59.2 Å². The number of benzene rings is 2. The van der Waals surface area contributed by atoms with Gasteiger partial charge in [0.25, 0.3) is 0 Å². The minimum atomic E-state index is -1.11. The van der Waals surface area contributed by atoms with E-state index in [0.29, 0.717) is 19.4 Å². The molecule has 1 aliphatic carbocycles. The molecule has 0 saturated heterocycles. The molecule has 3 N–H and O–H groups in total. The summed E-state index contributed by atoms with van der Waals surface area (Å²) in [7, 11) is 0. The van der Waals surface area contributed by atoms with E-state index in [9.17, 15) is 19.5 Å². The molecule has 0 bridgehead atoms. The van der Waals surface area contributed by atoms with E-state index in [4.69, 9.17) is 4.74 Å². The third kappa shape index (κ3) is 5.37. The number of carbonyl (C=O) groups excluding carboxylic acids is 2. The quantitative estimate of drug-likeness (QED) is 0.470. The topological polar surface area (TPSA) is 105 Å². The van der Waals surface area contributed by atoms with Crippen LogP contribution in [0.4, 0.5) is 4.79 Å². The van der Waals surface area contributed by atoms with Crippen LogP contribution in [0.15, 0.2) is 42.5 Å². The number of nitrogens with one attached hydrogen (secondary N) is 2.